The van der Waals surface area contributed by atoms with Crippen molar-refractivity contribution in [2.24, 2.45) is 11.3 Å². The Balaban J connectivity index is 1.36. The third kappa shape index (κ3) is 7.63. The Morgan fingerprint density at radius 1 is 1.14 bits per heavy atom. The van der Waals surface area contributed by atoms with Gasteiger partial charge in [-0.15, -0.1) is 0 Å². The smallest absolute Gasteiger partial charge is 0.0668 e. The van der Waals surface area contributed by atoms with Gasteiger partial charge in [0.1, 0.15) is 0 Å². The molecule has 2 aliphatic rings. The summed E-state index contributed by atoms with van der Waals surface area (Å²) in [7, 11) is 1.76. The van der Waals surface area contributed by atoms with Crippen LogP contribution < -0.4 is 10.6 Å². The van der Waals surface area contributed by atoms with E-state index in [1.807, 2.05) is 12.4 Å². The Morgan fingerprint density at radius 3 is 2.66 bits per heavy atom. The summed E-state index contributed by atoms with van der Waals surface area (Å²) in [6, 6.07) is 5.31. The zero-order valence-corrected chi connectivity index (χ0v) is 22.2. The highest BCUT2D eigenvalue weighted by molar-refractivity contribution is 6.33. The molecule has 0 radical (unpaired) electrons. The predicted octanol–water partition coefficient (Wildman–Crippen LogP) is 5.75. The van der Waals surface area contributed by atoms with Crippen LogP contribution in [-0.4, -0.2) is 55.5 Å². The molecule has 1 saturated heterocycles. The SMILES string of the molecule is COC[C@H](C)NC1CCC(Cc2cc(-c3cncc(NCC4(C)CCOCC4)c3)c(Cl)cn2)CC1. The molecular weight excluding hydrogens is 460 g/mol. The molecule has 2 aromatic heterocycles. The van der Waals surface area contributed by atoms with Gasteiger partial charge in [-0.1, -0.05) is 18.5 Å². The molecule has 3 heterocycles. The number of hydrogen-bond donors (Lipinski definition) is 2. The third-order valence-corrected chi connectivity index (χ3v) is 7.96. The van der Waals surface area contributed by atoms with Gasteiger partial charge in [-0.05, 0) is 75.3 Å². The van der Waals surface area contributed by atoms with E-state index >= 15 is 0 Å². The average molecular weight is 501 g/mol. The van der Waals surface area contributed by atoms with Crippen molar-refractivity contribution in [3.8, 4) is 11.1 Å². The molecule has 0 unspecified atom stereocenters. The molecule has 1 atom stereocenters. The van der Waals surface area contributed by atoms with E-state index in [2.05, 4.69) is 46.6 Å². The van der Waals surface area contributed by atoms with E-state index in [9.17, 15) is 0 Å². The maximum absolute atomic E-state index is 6.60. The van der Waals surface area contributed by atoms with Gasteiger partial charge in [0.25, 0.3) is 0 Å². The standard InChI is InChI=1S/C28H41ClN4O2/c1-20(18-34-3)33-23-6-4-21(5-7-23)12-24-14-26(27(29)17-31-24)22-13-25(16-30-15-22)32-19-28(2)8-10-35-11-9-28/h13-17,20-21,23,32-33H,4-12,18-19H2,1-3H3/t20-,21?,23?/m0/s1. The van der Waals surface area contributed by atoms with Gasteiger partial charge >= 0.3 is 0 Å². The highest BCUT2D eigenvalue weighted by atomic mass is 35.5. The van der Waals surface area contributed by atoms with Crippen LogP contribution >= 0.6 is 11.6 Å². The van der Waals surface area contributed by atoms with Crippen molar-refractivity contribution in [3.05, 3.63) is 41.4 Å². The summed E-state index contributed by atoms with van der Waals surface area (Å²) in [6.07, 6.45) is 13.6. The predicted molar refractivity (Wildman–Crippen MR) is 143 cm³/mol. The Labute approximate surface area is 215 Å². The lowest BCUT2D eigenvalue weighted by Gasteiger charge is -2.33. The van der Waals surface area contributed by atoms with Crippen LogP contribution in [0, 0.1) is 11.3 Å². The fraction of sp³-hybridized carbons (Fsp3) is 0.643. The number of halogens is 1. The van der Waals surface area contributed by atoms with Crippen molar-refractivity contribution < 1.29 is 9.47 Å². The molecule has 192 valence electrons. The zero-order chi connectivity index (χ0) is 24.7. The third-order valence-electron chi connectivity index (χ3n) is 7.66. The topological polar surface area (TPSA) is 68.3 Å². The maximum Gasteiger partial charge on any atom is 0.0668 e. The van der Waals surface area contributed by atoms with Crippen molar-refractivity contribution >= 4 is 17.3 Å². The second kappa shape index (κ2) is 12.5. The molecule has 0 aromatic carbocycles. The Morgan fingerprint density at radius 2 is 1.91 bits per heavy atom. The minimum absolute atomic E-state index is 0.256. The maximum atomic E-state index is 6.60. The molecule has 0 spiro atoms. The number of methoxy groups -OCH3 is 1. The van der Waals surface area contributed by atoms with Crippen LogP contribution in [0.4, 0.5) is 5.69 Å². The molecule has 2 N–H and O–H groups in total. The summed E-state index contributed by atoms with van der Waals surface area (Å²) in [5, 5.41) is 7.97. The van der Waals surface area contributed by atoms with E-state index in [-0.39, 0.29) is 5.41 Å². The highest BCUT2D eigenvalue weighted by Gasteiger charge is 2.27. The first-order valence-corrected chi connectivity index (χ1v) is 13.5. The fourth-order valence-electron chi connectivity index (χ4n) is 5.38. The highest BCUT2D eigenvalue weighted by Crippen LogP contribution is 2.33. The van der Waals surface area contributed by atoms with Gasteiger partial charge < -0.3 is 20.1 Å². The summed E-state index contributed by atoms with van der Waals surface area (Å²) in [4.78, 5) is 9.16. The van der Waals surface area contributed by atoms with Crippen LogP contribution in [-0.2, 0) is 15.9 Å². The summed E-state index contributed by atoms with van der Waals surface area (Å²) in [5.41, 5.74) is 4.43. The number of rotatable bonds is 10. The minimum Gasteiger partial charge on any atom is -0.383 e. The van der Waals surface area contributed by atoms with Gasteiger partial charge in [0.2, 0.25) is 0 Å². The second-order valence-electron chi connectivity index (χ2n) is 10.8. The molecule has 0 bridgehead atoms. The van der Waals surface area contributed by atoms with Gasteiger partial charge in [0, 0.05) is 74.4 Å². The number of nitrogens with zero attached hydrogens (tertiary/aromatic N) is 2. The first-order chi connectivity index (χ1) is 16.9. The van der Waals surface area contributed by atoms with Crippen LogP contribution in [0.3, 0.4) is 0 Å². The van der Waals surface area contributed by atoms with Gasteiger partial charge in [-0.25, -0.2) is 0 Å². The average Bonchev–Trinajstić information content (AvgIpc) is 2.86. The summed E-state index contributed by atoms with van der Waals surface area (Å²) in [6.45, 7) is 7.89. The van der Waals surface area contributed by atoms with E-state index in [1.54, 1.807) is 13.3 Å². The monoisotopic (exact) mass is 500 g/mol. The van der Waals surface area contributed by atoms with Gasteiger partial charge in [-0.2, -0.15) is 0 Å². The van der Waals surface area contributed by atoms with Crippen LogP contribution in [0.2, 0.25) is 5.02 Å². The summed E-state index contributed by atoms with van der Waals surface area (Å²) >= 11 is 6.60. The molecule has 1 saturated carbocycles. The molecule has 7 heteroatoms. The number of aromatic nitrogens is 2. The van der Waals surface area contributed by atoms with Gasteiger partial charge in [0.15, 0.2) is 0 Å². The molecule has 35 heavy (non-hydrogen) atoms. The van der Waals surface area contributed by atoms with E-state index in [1.165, 1.54) is 25.7 Å². The molecule has 6 nitrogen and oxygen atoms in total. The quantitative estimate of drug-likeness (QED) is 0.433. The van der Waals surface area contributed by atoms with Crippen molar-refractivity contribution in [1.82, 2.24) is 15.3 Å². The molecule has 1 aliphatic carbocycles. The fourth-order valence-corrected chi connectivity index (χ4v) is 5.60. The minimum atomic E-state index is 0.256. The van der Waals surface area contributed by atoms with Gasteiger partial charge in [0.05, 0.1) is 17.3 Å². The summed E-state index contributed by atoms with van der Waals surface area (Å²) in [5.74, 6) is 0.665. The second-order valence-corrected chi connectivity index (χ2v) is 11.2. The lowest BCUT2D eigenvalue weighted by atomic mass is 9.82. The molecular formula is C28H41ClN4O2. The number of ether oxygens (including phenoxy) is 2. The van der Waals surface area contributed by atoms with Crippen LogP contribution in [0.25, 0.3) is 11.1 Å². The molecule has 1 aliphatic heterocycles. The largest absolute Gasteiger partial charge is 0.383 e. The van der Waals surface area contributed by atoms with Crippen molar-refractivity contribution in [3.63, 3.8) is 0 Å². The molecule has 4 rings (SSSR count). The number of hydrogen-bond acceptors (Lipinski definition) is 6. The van der Waals surface area contributed by atoms with E-state index < -0.39 is 0 Å². The first-order valence-electron chi connectivity index (χ1n) is 13.1. The lowest BCUT2D eigenvalue weighted by Crippen LogP contribution is -2.41. The number of anilines is 1. The Bertz CT molecular complexity index is 942. The normalized spacial score (nSPS) is 23.1. The van der Waals surface area contributed by atoms with E-state index in [0.717, 1.165) is 68.1 Å². The number of nitrogens with one attached hydrogen (secondary N) is 2. The first kappa shape index (κ1) is 26.3. The van der Waals surface area contributed by atoms with E-state index in [4.69, 9.17) is 21.1 Å². The van der Waals surface area contributed by atoms with Crippen molar-refractivity contribution in [1.29, 1.82) is 0 Å². The van der Waals surface area contributed by atoms with E-state index in [0.29, 0.717) is 23.0 Å². The van der Waals surface area contributed by atoms with Crippen LogP contribution in [0.5, 0.6) is 0 Å². The zero-order valence-electron chi connectivity index (χ0n) is 21.5. The van der Waals surface area contributed by atoms with Gasteiger partial charge in [-0.3, -0.25) is 9.97 Å². The summed E-state index contributed by atoms with van der Waals surface area (Å²) < 4.78 is 10.8. The molecule has 0 amide bonds. The number of pyridine rings is 2. The molecule has 2 aromatic rings. The van der Waals surface area contributed by atoms with Crippen molar-refractivity contribution in [2.75, 3.05) is 38.8 Å². The van der Waals surface area contributed by atoms with Crippen molar-refractivity contribution in [2.45, 2.75) is 70.9 Å². The Kier molecular flexibility index (Phi) is 9.40. The van der Waals surface area contributed by atoms with Crippen LogP contribution in [0.1, 0.15) is 58.1 Å². The lowest BCUT2D eigenvalue weighted by molar-refractivity contribution is 0.0300. The molecule has 2 fully saturated rings. The van der Waals surface area contributed by atoms with Crippen LogP contribution in [0.15, 0.2) is 30.7 Å². The Hall–Kier alpha value is -1.73.